The second-order valence-electron chi connectivity index (χ2n) is 10.5. The van der Waals surface area contributed by atoms with Crippen LogP contribution in [-0.4, -0.2) is 58.8 Å². The maximum Gasteiger partial charge on any atom is 0.328 e. The van der Waals surface area contributed by atoms with Crippen LogP contribution < -0.4 is 10.1 Å². The zero-order valence-electron chi connectivity index (χ0n) is 25.4. The quantitative estimate of drug-likeness (QED) is 0.127. The number of aromatic nitrogens is 2. The first-order valence-electron chi connectivity index (χ1n) is 14.9. The number of nitrogens with one attached hydrogen (secondary N) is 1. The lowest BCUT2D eigenvalue weighted by Crippen LogP contribution is -2.34. The third-order valence-corrected chi connectivity index (χ3v) is 7.30. The number of rotatable bonds is 14. The number of carbonyl (C=O) groups excluding carboxylic acids is 3. The molecular weight excluding hydrogens is 580 g/mol. The Labute approximate surface area is 267 Å². The summed E-state index contributed by atoms with van der Waals surface area (Å²) in [5.41, 5.74) is 3.69. The van der Waals surface area contributed by atoms with Gasteiger partial charge in [-0.05, 0) is 35.4 Å². The molecule has 4 aromatic carbocycles. The molecule has 9 nitrogen and oxygen atoms in total. The Morgan fingerprint density at radius 2 is 1.50 bits per heavy atom. The minimum absolute atomic E-state index is 0.144. The molecule has 0 fully saturated rings. The number of para-hydroxylation sites is 1. The zero-order chi connectivity index (χ0) is 32.1. The summed E-state index contributed by atoms with van der Waals surface area (Å²) in [4.78, 5) is 49.1. The number of methoxy groups -OCH3 is 1. The van der Waals surface area contributed by atoms with Crippen LogP contribution in [0.1, 0.15) is 37.5 Å². The molecule has 9 heteroatoms. The number of ketones is 1. The van der Waals surface area contributed by atoms with Gasteiger partial charge in [0, 0.05) is 42.2 Å². The summed E-state index contributed by atoms with van der Waals surface area (Å²) in [6, 6.07) is 32.5. The number of carbonyl (C=O) groups is 3. The standard InChI is InChI=1S/C37H34N4O5/c1-45-37(44)33(40-32-15-9-8-14-31(32)35(42)29-12-6-3-7-13-29)24-27-16-18-30(19-17-27)46-23-22-41(26-28-10-4-2-5-11-28)36(43)34-25-38-20-21-39-34/h2-21,25,33,40H,22-24,26H2,1H3. The van der Waals surface area contributed by atoms with Gasteiger partial charge in [-0.2, -0.15) is 0 Å². The van der Waals surface area contributed by atoms with E-state index in [1.807, 2.05) is 78.9 Å². The maximum atomic E-state index is 13.2. The average molecular weight is 615 g/mol. The number of hydrogen-bond acceptors (Lipinski definition) is 8. The van der Waals surface area contributed by atoms with Crippen molar-refractivity contribution in [1.29, 1.82) is 0 Å². The molecule has 1 amide bonds. The van der Waals surface area contributed by atoms with Gasteiger partial charge in [0.25, 0.3) is 5.91 Å². The van der Waals surface area contributed by atoms with Gasteiger partial charge < -0.3 is 19.7 Å². The van der Waals surface area contributed by atoms with Gasteiger partial charge in [-0.3, -0.25) is 14.6 Å². The summed E-state index contributed by atoms with van der Waals surface area (Å²) in [5, 5.41) is 3.23. The minimum atomic E-state index is -0.736. The van der Waals surface area contributed by atoms with E-state index in [1.165, 1.54) is 25.7 Å². The van der Waals surface area contributed by atoms with Crippen LogP contribution in [0.2, 0.25) is 0 Å². The van der Waals surface area contributed by atoms with E-state index in [4.69, 9.17) is 9.47 Å². The Bertz CT molecular complexity index is 1730. The Morgan fingerprint density at radius 3 is 2.20 bits per heavy atom. The van der Waals surface area contributed by atoms with Gasteiger partial charge in [-0.15, -0.1) is 0 Å². The van der Waals surface area contributed by atoms with Gasteiger partial charge in [0.15, 0.2) is 5.78 Å². The Balaban J connectivity index is 1.22. The minimum Gasteiger partial charge on any atom is -0.492 e. The predicted molar refractivity (Wildman–Crippen MR) is 175 cm³/mol. The molecule has 232 valence electrons. The third-order valence-electron chi connectivity index (χ3n) is 7.30. The maximum absolute atomic E-state index is 13.2. The molecule has 0 aliphatic heterocycles. The van der Waals surface area contributed by atoms with Gasteiger partial charge >= 0.3 is 5.97 Å². The highest BCUT2D eigenvalue weighted by molar-refractivity contribution is 6.12. The van der Waals surface area contributed by atoms with E-state index in [0.717, 1.165) is 11.1 Å². The van der Waals surface area contributed by atoms with Crippen molar-refractivity contribution in [2.45, 2.75) is 19.0 Å². The normalized spacial score (nSPS) is 11.2. The molecule has 46 heavy (non-hydrogen) atoms. The van der Waals surface area contributed by atoms with Crippen LogP contribution in [-0.2, 0) is 22.5 Å². The summed E-state index contributed by atoms with van der Waals surface area (Å²) in [6.45, 7) is 0.999. The van der Waals surface area contributed by atoms with Crippen LogP contribution in [0.15, 0.2) is 128 Å². The fourth-order valence-corrected chi connectivity index (χ4v) is 4.93. The number of amides is 1. The lowest BCUT2D eigenvalue weighted by atomic mass is 10.00. The first kappa shape index (κ1) is 31.6. The summed E-state index contributed by atoms with van der Waals surface area (Å²) in [7, 11) is 1.34. The first-order valence-corrected chi connectivity index (χ1v) is 14.9. The fourth-order valence-electron chi connectivity index (χ4n) is 4.93. The van der Waals surface area contributed by atoms with Crippen molar-refractivity contribution in [3.8, 4) is 5.75 Å². The summed E-state index contributed by atoms with van der Waals surface area (Å²) < 4.78 is 11.1. The molecule has 0 saturated carbocycles. The molecule has 1 unspecified atom stereocenters. The average Bonchev–Trinajstić information content (AvgIpc) is 3.12. The number of anilines is 1. The van der Waals surface area contributed by atoms with Crippen molar-refractivity contribution in [3.05, 3.63) is 156 Å². The molecule has 0 aliphatic rings. The number of benzene rings is 4. The molecule has 1 heterocycles. The highest BCUT2D eigenvalue weighted by Crippen LogP contribution is 2.22. The van der Waals surface area contributed by atoms with E-state index in [9.17, 15) is 14.4 Å². The van der Waals surface area contributed by atoms with Crippen LogP contribution >= 0.6 is 0 Å². The molecule has 0 saturated heterocycles. The van der Waals surface area contributed by atoms with Crippen LogP contribution in [0.25, 0.3) is 0 Å². The van der Waals surface area contributed by atoms with Crippen molar-refractivity contribution >= 4 is 23.3 Å². The van der Waals surface area contributed by atoms with Crippen LogP contribution in [0.4, 0.5) is 5.69 Å². The molecule has 0 spiro atoms. The Morgan fingerprint density at radius 1 is 0.804 bits per heavy atom. The van der Waals surface area contributed by atoms with Crippen LogP contribution in [0, 0.1) is 0 Å². The lowest BCUT2D eigenvalue weighted by Gasteiger charge is -2.22. The van der Waals surface area contributed by atoms with E-state index in [-0.39, 0.29) is 24.0 Å². The smallest absolute Gasteiger partial charge is 0.328 e. The van der Waals surface area contributed by atoms with Gasteiger partial charge in [0.05, 0.1) is 19.9 Å². The first-order chi connectivity index (χ1) is 22.5. The second kappa shape index (κ2) is 15.8. The largest absolute Gasteiger partial charge is 0.492 e. The molecule has 1 aromatic heterocycles. The van der Waals surface area contributed by atoms with Crippen molar-refractivity contribution in [1.82, 2.24) is 14.9 Å². The SMILES string of the molecule is COC(=O)C(Cc1ccc(OCCN(Cc2ccccc2)C(=O)c2cnccn2)cc1)Nc1ccccc1C(=O)c1ccccc1. The highest BCUT2D eigenvalue weighted by atomic mass is 16.5. The topological polar surface area (TPSA) is 111 Å². The zero-order valence-corrected chi connectivity index (χ0v) is 25.4. The summed E-state index contributed by atoms with van der Waals surface area (Å²) >= 11 is 0. The molecule has 1 atom stereocenters. The van der Waals surface area contributed by atoms with Gasteiger partial charge in [0.1, 0.15) is 24.1 Å². The monoisotopic (exact) mass is 614 g/mol. The number of nitrogens with zero attached hydrogens (tertiary/aromatic N) is 3. The number of hydrogen-bond donors (Lipinski definition) is 1. The third kappa shape index (κ3) is 8.41. The fraction of sp³-hybridized carbons (Fsp3) is 0.162. The van der Waals surface area contributed by atoms with E-state index in [2.05, 4.69) is 15.3 Å². The Hall–Kier alpha value is -5.83. The lowest BCUT2D eigenvalue weighted by molar-refractivity contribution is -0.141. The van der Waals surface area contributed by atoms with Gasteiger partial charge in [-0.1, -0.05) is 84.9 Å². The molecule has 1 N–H and O–H groups in total. The van der Waals surface area contributed by atoms with Crippen molar-refractivity contribution in [2.75, 3.05) is 25.6 Å². The van der Waals surface area contributed by atoms with Crippen LogP contribution in [0.3, 0.4) is 0 Å². The van der Waals surface area contributed by atoms with E-state index < -0.39 is 12.0 Å². The second-order valence-corrected chi connectivity index (χ2v) is 10.5. The van der Waals surface area contributed by atoms with Crippen molar-refractivity contribution in [2.24, 2.45) is 0 Å². The molecule has 5 rings (SSSR count). The molecular formula is C37H34N4O5. The predicted octanol–water partition coefficient (Wildman–Crippen LogP) is 5.63. The number of ether oxygens (including phenoxy) is 2. The van der Waals surface area contributed by atoms with E-state index in [1.54, 1.807) is 35.2 Å². The van der Waals surface area contributed by atoms with Crippen molar-refractivity contribution in [3.63, 3.8) is 0 Å². The Kier molecular flexibility index (Phi) is 10.8. The summed E-state index contributed by atoms with van der Waals surface area (Å²) in [5.74, 6) is -0.204. The molecule has 0 radical (unpaired) electrons. The number of esters is 1. The van der Waals surface area contributed by atoms with Crippen LogP contribution in [0.5, 0.6) is 5.75 Å². The molecule has 0 aliphatic carbocycles. The molecule has 0 bridgehead atoms. The van der Waals surface area contributed by atoms with E-state index in [0.29, 0.717) is 42.1 Å². The van der Waals surface area contributed by atoms with Gasteiger partial charge in [-0.25, -0.2) is 9.78 Å². The van der Waals surface area contributed by atoms with E-state index >= 15 is 0 Å². The van der Waals surface area contributed by atoms with Gasteiger partial charge in [0.2, 0.25) is 0 Å². The molecule has 5 aromatic rings. The summed E-state index contributed by atoms with van der Waals surface area (Å²) in [6.07, 6.45) is 4.80. The highest BCUT2D eigenvalue weighted by Gasteiger charge is 2.23. The van der Waals surface area contributed by atoms with Crippen molar-refractivity contribution < 1.29 is 23.9 Å².